The van der Waals surface area contributed by atoms with Crippen LogP contribution in [-0.2, 0) is 16.6 Å². The normalized spacial score (nSPS) is 19.3. The van der Waals surface area contributed by atoms with Crippen LogP contribution in [0.4, 0.5) is 0 Å². The van der Waals surface area contributed by atoms with E-state index in [0.29, 0.717) is 13.0 Å². The fourth-order valence-electron chi connectivity index (χ4n) is 3.09. The number of hydrogen-bond acceptors (Lipinski definition) is 4. The van der Waals surface area contributed by atoms with Gasteiger partial charge in [-0.15, -0.1) is 0 Å². The predicted octanol–water partition coefficient (Wildman–Crippen LogP) is 2.90. The summed E-state index contributed by atoms with van der Waals surface area (Å²) in [5.74, 6) is 0.899. The van der Waals surface area contributed by atoms with E-state index in [4.69, 9.17) is 9.88 Å². The van der Waals surface area contributed by atoms with Gasteiger partial charge < -0.3 is 4.74 Å². The second kappa shape index (κ2) is 9.39. The lowest BCUT2D eigenvalue weighted by molar-refractivity contribution is 0.222. The molecule has 136 valence electrons. The van der Waals surface area contributed by atoms with Gasteiger partial charge in [-0.2, -0.15) is 0 Å². The third kappa shape index (κ3) is 6.42. The van der Waals surface area contributed by atoms with Gasteiger partial charge in [-0.1, -0.05) is 38.3 Å². The second-order valence-electron chi connectivity index (χ2n) is 6.64. The number of ether oxygens (including phenoxy) is 1. The largest absolute Gasteiger partial charge is 0.494 e. The molecule has 0 unspecified atom stereocenters. The van der Waals surface area contributed by atoms with Gasteiger partial charge in [0.25, 0.3) is 0 Å². The molecule has 1 fully saturated rings. The highest BCUT2D eigenvalue weighted by molar-refractivity contribution is 7.89. The van der Waals surface area contributed by atoms with E-state index in [9.17, 15) is 8.42 Å². The lowest BCUT2D eigenvalue weighted by atomic mass is 10.1. The second-order valence-corrected chi connectivity index (χ2v) is 8.49. The van der Waals surface area contributed by atoms with Crippen LogP contribution in [-0.4, -0.2) is 38.3 Å². The third-order valence-corrected chi connectivity index (χ3v) is 5.84. The number of benzene rings is 1. The van der Waals surface area contributed by atoms with Gasteiger partial charge in [0.1, 0.15) is 5.75 Å². The van der Waals surface area contributed by atoms with Crippen molar-refractivity contribution in [1.82, 2.24) is 4.90 Å². The molecule has 2 rings (SSSR count). The molecule has 1 aromatic rings. The van der Waals surface area contributed by atoms with E-state index in [2.05, 4.69) is 24.0 Å². The van der Waals surface area contributed by atoms with Crippen LogP contribution >= 0.6 is 0 Å². The smallest absolute Gasteiger partial charge is 0.213 e. The third-order valence-electron chi connectivity index (χ3n) is 4.52. The molecule has 1 saturated heterocycles. The molecule has 5 nitrogen and oxygen atoms in total. The predicted molar refractivity (Wildman–Crippen MR) is 97.5 cm³/mol. The average Bonchev–Trinajstić information content (AvgIpc) is 2.56. The number of likely N-dealkylation sites (tertiary alicyclic amines) is 1. The van der Waals surface area contributed by atoms with Crippen LogP contribution in [0.15, 0.2) is 24.3 Å². The molecular weight excluding hydrogens is 324 g/mol. The van der Waals surface area contributed by atoms with Crippen molar-refractivity contribution in [1.29, 1.82) is 0 Å². The van der Waals surface area contributed by atoms with Crippen LogP contribution in [0.25, 0.3) is 0 Å². The van der Waals surface area contributed by atoms with E-state index in [1.807, 2.05) is 12.1 Å². The minimum Gasteiger partial charge on any atom is -0.494 e. The molecular formula is C18H30N2O3S. The summed E-state index contributed by atoms with van der Waals surface area (Å²) in [5, 5.41) is 4.86. The quantitative estimate of drug-likeness (QED) is 0.692. The number of hydrogen-bond donors (Lipinski definition) is 1. The highest BCUT2D eigenvalue weighted by atomic mass is 32.2. The fourth-order valence-corrected chi connectivity index (χ4v) is 4.01. The lowest BCUT2D eigenvalue weighted by Gasteiger charge is -2.31. The standard InChI is InChI=1S/C18H30N2O3S/c1-2-3-4-5-13-23-17-10-8-16(9-11-17)14-20-12-6-7-18(15-20)24(19,21)22/h8-11,18H,2-7,12-15H2,1H3,(H2,19,21,22)/t18-/m1/s1. The lowest BCUT2D eigenvalue weighted by Crippen LogP contribution is -2.44. The van der Waals surface area contributed by atoms with Crippen molar-refractivity contribution in [3.8, 4) is 5.75 Å². The molecule has 0 radical (unpaired) electrons. The van der Waals surface area contributed by atoms with Crippen LogP contribution < -0.4 is 9.88 Å². The van der Waals surface area contributed by atoms with Gasteiger partial charge in [0.15, 0.2) is 0 Å². The minimum absolute atomic E-state index is 0.433. The summed E-state index contributed by atoms with van der Waals surface area (Å²) < 4.78 is 28.8. The molecule has 2 N–H and O–H groups in total. The summed E-state index contributed by atoms with van der Waals surface area (Å²) in [6.07, 6.45) is 6.35. The molecule has 0 saturated carbocycles. The van der Waals surface area contributed by atoms with Crippen LogP contribution in [0.2, 0.25) is 0 Å². The van der Waals surface area contributed by atoms with Crippen molar-refractivity contribution in [2.75, 3.05) is 19.7 Å². The summed E-state index contributed by atoms with van der Waals surface area (Å²) in [6, 6.07) is 8.11. The van der Waals surface area contributed by atoms with Gasteiger partial charge in [0.05, 0.1) is 11.9 Å². The first-order valence-electron chi connectivity index (χ1n) is 8.94. The van der Waals surface area contributed by atoms with Gasteiger partial charge in [0, 0.05) is 13.1 Å². The molecule has 6 heteroatoms. The summed E-state index contributed by atoms with van der Waals surface area (Å²) in [4.78, 5) is 2.17. The first-order valence-corrected chi connectivity index (χ1v) is 10.6. The van der Waals surface area contributed by atoms with E-state index < -0.39 is 15.3 Å². The van der Waals surface area contributed by atoms with Crippen molar-refractivity contribution in [3.05, 3.63) is 29.8 Å². The first-order chi connectivity index (χ1) is 11.5. The molecule has 0 aliphatic carbocycles. The maximum absolute atomic E-state index is 11.5. The van der Waals surface area contributed by atoms with Crippen LogP contribution in [0, 0.1) is 0 Å². The Morgan fingerprint density at radius 2 is 1.96 bits per heavy atom. The van der Waals surface area contributed by atoms with Crippen molar-refractivity contribution in [2.45, 2.75) is 57.2 Å². The van der Waals surface area contributed by atoms with E-state index >= 15 is 0 Å². The molecule has 1 aromatic carbocycles. The molecule has 1 heterocycles. The van der Waals surface area contributed by atoms with Gasteiger partial charge in [-0.25, -0.2) is 13.6 Å². The fraction of sp³-hybridized carbons (Fsp3) is 0.667. The summed E-state index contributed by atoms with van der Waals surface area (Å²) in [7, 11) is -3.44. The van der Waals surface area contributed by atoms with E-state index in [-0.39, 0.29) is 0 Å². The maximum Gasteiger partial charge on any atom is 0.213 e. The van der Waals surface area contributed by atoms with E-state index in [1.165, 1.54) is 24.8 Å². The number of sulfonamides is 1. The van der Waals surface area contributed by atoms with Gasteiger partial charge >= 0.3 is 0 Å². The monoisotopic (exact) mass is 354 g/mol. The van der Waals surface area contributed by atoms with Crippen molar-refractivity contribution in [2.24, 2.45) is 5.14 Å². The summed E-state index contributed by atoms with van der Waals surface area (Å²) in [5.41, 5.74) is 1.17. The average molecular weight is 355 g/mol. The molecule has 0 amide bonds. The van der Waals surface area contributed by atoms with Crippen LogP contribution in [0.3, 0.4) is 0 Å². The van der Waals surface area contributed by atoms with Gasteiger partial charge in [-0.3, -0.25) is 4.90 Å². The Hall–Kier alpha value is -1.11. The van der Waals surface area contributed by atoms with Crippen molar-refractivity contribution in [3.63, 3.8) is 0 Å². The van der Waals surface area contributed by atoms with Crippen molar-refractivity contribution >= 4 is 10.0 Å². The number of rotatable bonds is 9. The topological polar surface area (TPSA) is 72.6 Å². The summed E-state index contributed by atoms with van der Waals surface area (Å²) >= 11 is 0. The number of piperidine rings is 1. The maximum atomic E-state index is 11.5. The molecule has 1 atom stereocenters. The minimum atomic E-state index is -3.44. The zero-order valence-corrected chi connectivity index (χ0v) is 15.4. The Balaban J connectivity index is 1.79. The summed E-state index contributed by atoms with van der Waals surface area (Å²) in [6.45, 7) is 5.16. The first kappa shape index (κ1) is 19.2. The highest BCUT2D eigenvalue weighted by Crippen LogP contribution is 2.19. The Morgan fingerprint density at radius 1 is 1.21 bits per heavy atom. The molecule has 0 spiro atoms. The van der Waals surface area contributed by atoms with Gasteiger partial charge in [-0.05, 0) is 43.5 Å². The van der Waals surface area contributed by atoms with E-state index in [1.54, 1.807) is 0 Å². The Bertz CT molecular complexity index is 587. The van der Waals surface area contributed by atoms with E-state index in [0.717, 1.165) is 38.3 Å². The zero-order chi connectivity index (χ0) is 17.4. The zero-order valence-electron chi connectivity index (χ0n) is 14.6. The number of nitrogens with zero attached hydrogens (tertiary/aromatic N) is 1. The number of primary sulfonamides is 1. The van der Waals surface area contributed by atoms with Crippen LogP contribution in [0.1, 0.15) is 51.0 Å². The molecule has 0 aromatic heterocycles. The molecule has 0 bridgehead atoms. The Morgan fingerprint density at radius 3 is 2.62 bits per heavy atom. The van der Waals surface area contributed by atoms with Crippen LogP contribution in [0.5, 0.6) is 5.75 Å². The number of unbranched alkanes of at least 4 members (excludes halogenated alkanes) is 3. The Kier molecular flexibility index (Phi) is 7.52. The SMILES string of the molecule is CCCCCCOc1ccc(CN2CCC[C@@H](S(N)(=O)=O)C2)cc1. The number of nitrogens with two attached hydrogens (primary N) is 1. The molecule has 1 aliphatic rings. The Labute approximate surface area is 146 Å². The van der Waals surface area contributed by atoms with Gasteiger partial charge in [0.2, 0.25) is 10.0 Å². The molecule has 1 aliphatic heterocycles. The van der Waals surface area contributed by atoms with Crippen molar-refractivity contribution < 1.29 is 13.2 Å². The molecule has 24 heavy (non-hydrogen) atoms. The highest BCUT2D eigenvalue weighted by Gasteiger charge is 2.27.